The normalized spacial score (nSPS) is 16.2. The standard InChI is InChI=1S/C12H28O4Si.CH4O.2H2O.Ti/c1-7-10(4)14-17(13,15-11(5)8-2)16-12(6)9-3;1-2;;;/h10-13H,7-9H2,1-6H3;2H,1H3;2*1H2;. The van der Waals surface area contributed by atoms with Gasteiger partial charge in [-0.25, -0.2) is 0 Å². The summed E-state index contributed by atoms with van der Waals surface area (Å²) in [6.45, 7) is 11.8. The second-order valence-corrected chi connectivity index (χ2v) is 6.29. The first-order chi connectivity index (χ1) is 8.86. The Balaban J connectivity index is -0.000000184. The van der Waals surface area contributed by atoms with Gasteiger partial charge in [0.1, 0.15) is 0 Å². The van der Waals surface area contributed by atoms with E-state index in [4.69, 9.17) is 18.4 Å². The summed E-state index contributed by atoms with van der Waals surface area (Å²) in [6, 6.07) is 0. The molecule has 0 heterocycles. The maximum absolute atomic E-state index is 10.4. The fraction of sp³-hybridized carbons (Fsp3) is 1.00. The number of rotatable bonds is 9. The van der Waals surface area contributed by atoms with Crippen LogP contribution in [0.2, 0.25) is 0 Å². The van der Waals surface area contributed by atoms with Crippen LogP contribution in [0.3, 0.4) is 0 Å². The molecule has 0 saturated heterocycles. The average Bonchev–Trinajstić information content (AvgIpc) is 2.39. The Hall–Kier alpha value is 0.651. The molecule has 138 valence electrons. The van der Waals surface area contributed by atoms with Crippen molar-refractivity contribution in [1.29, 1.82) is 0 Å². The second kappa shape index (κ2) is 19.7. The van der Waals surface area contributed by atoms with E-state index in [0.717, 1.165) is 26.4 Å². The fourth-order valence-electron chi connectivity index (χ4n) is 1.10. The monoisotopic (exact) mass is 380 g/mol. The summed E-state index contributed by atoms with van der Waals surface area (Å²) in [7, 11) is -2.50. The summed E-state index contributed by atoms with van der Waals surface area (Å²) in [5.41, 5.74) is 0. The van der Waals surface area contributed by atoms with Crippen LogP contribution in [0, 0.1) is 0 Å². The average molecular weight is 380 g/mol. The third-order valence-electron chi connectivity index (χ3n) is 2.78. The topological polar surface area (TPSA) is 131 Å². The maximum Gasteiger partial charge on any atom is 0.677 e. The Morgan fingerprint density at radius 1 is 0.727 bits per heavy atom. The number of aliphatic hydroxyl groups excluding tert-OH is 1. The van der Waals surface area contributed by atoms with Crippen LogP contribution in [0.4, 0.5) is 0 Å². The van der Waals surface area contributed by atoms with Gasteiger partial charge < -0.3 is 34.1 Å². The van der Waals surface area contributed by atoms with Gasteiger partial charge in [0.05, 0.1) is 0 Å². The van der Waals surface area contributed by atoms with Crippen molar-refractivity contribution >= 4 is 9.05 Å². The van der Waals surface area contributed by atoms with Crippen molar-refractivity contribution in [3.05, 3.63) is 0 Å². The van der Waals surface area contributed by atoms with Gasteiger partial charge in [0.25, 0.3) is 0 Å². The van der Waals surface area contributed by atoms with E-state index in [1.807, 2.05) is 41.5 Å². The van der Waals surface area contributed by atoms with E-state index in [0.29, 0.717) is 0 Å². The van der Waals surface area contributed by atoms with Crippen molar-refractivity contribution in [1.82, 2.24) is 0 Å². The Labute approximate surface area is 151 Å². The second-order valence-electron chi connectivity index (χ2n) is 4.53. The van der Waals surface area contributed by atoms with E-state index >= 15 is 0 Å². The molecule has 0 aliphatic heterocycles. The summed E-state index contributed by atoms with van der Waals surface area (Å²) in [5, 5.41) is 7.00. The van der Waals surface area contributed by atoms with Gasteiger partial charge >= 0.3 is 9.05 Å². The Bertz CT molecular complexity index is 182. The molecule has 0 amide bonds. The van der Waals surface area contributed by atoms with E-state index < -0.39 is 9.05 Å². The molecule has 0 rings (SSSR count). The summed E-state index contributed by atoms with van der Waals surface area (Å²) in [5.74, 6) is 0. The molecule has 0 aromatic heterocycles. The number of aliphatic hydroxyl groups is 1. The smallest absolute Gasteiger partial charge is 0.412 e. The van der Waals surface area contributed by atoms with E-state index in [-0.39, 0.29) is 51.0 Å². The summed E-state index contributed by atoms with van der Waals surface area (Å²) < 4.78 is 16.7. The first-order valence-corrected chi connectivity index (χ1v) is 8.74. The van der Waals surface area contributed by atoms with E-state index in [9.17, 15) is 4.80 Å². The molecule has 0 aromatic carbocycles. The van der Waals surface area contributed by atoms with E-state index in [2.05, 4.69) is 0 Å². The molecule has 22 heavy (non-hydrogen) atoms. The van der Waals surface area contributed by atoms with E-state index in [1.54, 1.807) is 0 Å². The largest absolute Gasteiger partial charge is 0.677 e. The van der Waals surface area contributed by atoms with Crippen molar-refractivity contribution in [2.24, 2.45) is 0 Å². The van der Waals surface area contributed by atoms with Crippen LogP contribution < -0.4 is 0 Å². The van der Waals surface area contributed by atoms with Crippen LogP contribution in [0.5, 0.6) is 0 Å². The summed E-state index contributed by atoms with van der Waals surface area (Å²) in [6.07, 6.45) is 2.30. The minimum atomic E-state index is -3.50. The SMILES string of the molecule is CCC(C)O[Si](O)(OC(C)CC)OC(C)CC.CO.O.O.[Ti]. The minimum absolute atomic E-state index is 0. The molecule has 9 heteroatoms. The molecule has 0 saturated carbocycles. The van der Waals surface area contributed by atoms with Crippen LogP contribution in [0.15, 0.2) is 0 Å². The summed E-state index contributed by atoms with van der Waals surface area (Å²) >= 11 is 0. The molecule has 0 aromatic rings. The van der Waals surface area contributed by atoms with Gasteiger partial charge in [-0.2, -0.15) is 0 Å². The zero-order chi connectivity index (χ0) is 15.5. The van der Waals surface area contributed by atoms with Crippen molar-refractivity contribution < 1.29 is 55.9 Å². The van der Waals surface area contributed by atoms with Gasteiger partial charge in [-0.05, 0) is 40.0 Å². The van der Waals surface area contributed by atoms with E-state index in [1.165, 1.54) is 0 Å². The molecule has 0 aliphatic carbocycles. The van der Waals surface area contributed by atoms with Gasteiger partial charge in [0.2, 0.25) is 0 Å². The first kappa shape index (κ1) is 34.1. The van der Waals surface area contributed by atoms with Crippen molar-refractivity contribution in [2.75, 3.05) is 7.11 Å². The Morgan fingerprint density at radius 2 is 0.909 bits per heavy atom. The van der Waals surface area contributed by atoms with Crippen molar-refractivity contribution in [3.63, 3.8) is 0 Å². The molecule has 0 radical (unpaired) electrons. The van der Waals surface area contributed by atoms with Gasteiger partial charge in [-0.15, -0.1) is 0 Å². The molecule has 0 fully saturated rings. The molecule has 3 atom stereocenters. The molecular formula is C13H36O7SiTi. The molecule has 0 spiro atoms. The zero-order valence-corrected chi connectivity index (χ0v) is 17.5. The molecular weight excluding hydrogens is 344 g/mol. The Kier molecular flexibility index (Phi) is 30.5. The van der Waals surface area contributed by atoms with Crippen LogP contribution in [0.25, 0.3) is 0 Å². The molecule has 0 aliphatic rings. The molecule has 0 bridgehead atoms. The number of hydrogen-bond acceptors (Lipinski definition) is 5. The zero-order valence-electron chi connectivity index (χ0n) is 15.0. The van der Waals surface area contributed by atoms with Crippen LogP contribution in [0.1, 0.15) is 60.8 Å². The van der Waals surface area contributed by atoms with Crippen molar-refractivity contribution in [3.8, 4) is 0 Å². The van der Waals surface area contributed by atoms with Gasteiger partial charge in [0.15, 0.2) is 0 Å². The molecule has 3 unspecified atom stereocenters. The number of hydrogen-bond donors (Lipinski definition) is 2. The van der Waals surface area contributed by atoms with Gasteiger partial charge in [0, 0.05) is 47.1 Å². The third-order valence-corrected chi connectivity index (χ3v) is 4.88. The predicted molar refractivity (Wildman–Crippen MR) is 85.9 cm³/mol. The molecule has 6 N–H and O–H groups in total. The van der Waals surface area contributed by atoms with Gasteiger partial charge in [-0.1, -0.05) is 20.8 Å². The van der Waals surface area contributed by atoms with Gasteiger partial charge in [-0.3, -0.25) is 0 Å². The quantitative estimate of drug-likeness (QED) is 0.572. The Morgan fingerprint density at radius 3 is 1.05 bits per heavy atom. The first-order valence-electron chi connectivity index (χ1n) is 7.07. The van der Waals surface area contributed by atoms with Crippen molar-refractivity contribution in [2.45, 2.75) is 79.1 Å². The molecule has 7 nitrogen and oxygen atoms in total. The predicted octanol–water partition coefficient (Wildman–Crippen LogP) is 0.816. The van der Waals surface area contributed by atoms with Crippen LogP contribution >= 0.6 is 0 Å². The summed E-state index contributed by atoms with van der Waals surface area (Å²) in [4.78, 5) is 10.4. The van der Waals surface area contributed by atoms with Crippen LogP contribution in [-0.4, -0.2) is 55.3 Å². The third kappa shape index (κ3) is 17.0. The minimum Gasteiger partial charge on any atom is -0.412 e. The fourth-order valence-corrected chi connectivity index (χ4v) is 3.29. The van der Waals surface area contributed by atoms with Crippen LogP contribution in [-0.2, 0) is 35.0 Å². The maximum atomic E-state index is 10.4.